The van der Waals surface area contributed by atoms with Gasteiger partial charge >= 0.3 is 5.76 Å². The zero-order valence-electron chi connectivity index (χ0n) is 10.9. The maximum atomic E-state index is 11.7. The summed E-state index contributed by atoms with van der Waals surface area (Å²) in [5.74, 6) is 0.683. The van der Waals surface area contributed by atoms with Crippen LogP contribution in [0.4, 0.5) is 0 Å². The molecule has 3 rings (SSSR count). The molecule has 0 amide bonds. The van der Waals surface area contributed by atoms with Crippen molar-refractivity contribution < 1.29 is 9.26 Å². The van der Waals surface area contributed by atoms with Crippen molar-refractivity contribution in [1.29, 1.82) is 0 Å². The van der Waals surface area contributed by atoms with Crippen molar-refractivity contribution in [2.45, 2.75) is 6.54 Å². The first-order chi connectivity index (χ1) is 10.2. The molecule has 0 radical (unpaired) electrons. The van der Waals surface area contributed by atoms with Gasteiger partial charge in [-0.25, -0.2) is 4.79 Å². The van der Waals surface area contributed by atoms with E-state index < -0.39 is 5.76 Å². The van der Waals surface area contributed by atoms with Crippen molar-refractivity contribution >= 4 is 22.9 Å². The Balaban J connectivity index is 1.71. The maximum absolute atomic E-state index is 11.7. The van der Waals surface area contributed by atoms with Crippen LogP contribution in [0.5, 0.6) is 5.75 Å². The highest BCUT2D eigenvalue weighted by Crippen LogP contribution is 2.22. The number of nitrogens with zero attached hydrogens (tertiary/aromatic N) is 2. The molecule has 21 heavy (non-hydrogen) atoms. The summed E-state index contributed by atoms with van der Waals surface area (Å²) in [7, 11) is 0. The quantitative estimate of drug-likeness (QED) is 0.723. The Morgan fingerprint density at radius 3 is 3.00 bits per heavy atom. The van der Waals surface area contributed by atoms with Crippen LogP contribution in [-0.4, -0.2) is 16.3 Å². The lowest BCUT2D eigenvalue weighted by atomic mass is 10.3. The third-order valence-electron chi connectivity index (χ3n) is 2.81. The summed E-state index contributed by atoms with van der Waals surface area (Å²) in [6.45, 7) is 0.669. The fourth-order valence-corrected chi connectivity index (χ4v) is 2.75. The third-order valence-corrected chi connectivity index (χ3v) is 3.91. The first-order valence-corrected chi connectivity index (χ1v) is 7.48. The van der Waals surface area contributed by atoms with Crippen LogP contribution in [0.15, 0.2) is 51.1 Å². The number of benzene rings is 1. The average molecular weight is 323 g/mol. The molecule has 0 aliphatic rings. The Bertz CT molecular complexity index is 780. The van der Waals surface area contributed by atoms with Gasteiger partial charge in [0.2, 0.25) is 0 Å². The molecule has 3 aromatic rings. The van der Waals surface area contributed by atoms with Crippen LogP contribution in [0.3, 0.4) is 0 Å². The van der Waals surface area contributed by atoms with E-state index in [4.69, 9.17) is 20.9 Å². The second kappa shape index (κ2) is 6.15. The summed E-state index contributed by atoms with van der Waals surface area (Å²) >= 11 is 7.38. The minimum atomic E-state index is -0.493. The van der Waals surface area contributed by atoms with E-state index in [1.807, 2.05) is 23.6 Å². The summed E-state index contributed by atoms with van der Waals surface area (Å²) in [5, 5.41) is 6.33. The number of hydrogen-bond acceptors (Lipinski definition) is 5. The fourth-order valence-electron chi connectivity index (χ4n) is 1.86. The second-order valence-corrected chi connectivity index (χ2v) is 5.59. The van der Waals surface area contributed by atoms with E-state index in [1.165, 1.54) is 15.9 Å². The summed E-state index contributed by atoms with van der Waals surface area (Å²) in [4.78, 5) is 12.6. The van der Waals surface area contributed by atoms with Crippen molar-refractivity contribution in [3.8, 4) is 16.5 Å². The molecule has 0 bridgehead atoms. The number of ether oxygens (including phenoxy) is 1. The van der Waals surface area contributed by atoms with Gasteiger partial charge in [0.05, 0.1) is 11.4 Å². The number of thiophene rings is 1. The third kappa shape index (κ3) is 3.17. The molecular weight excluding hydrogens is 312 g/mol. The Morgan fingerprint density at radius 2 is 2.24 bits per heavy atom. The van der Waals surface area contributed by atoms with Gasteiger partial charge in [0.25, 0.3) is 0 Å². The van der Waals surface area contributed by atoms with Crippen molar-refractivity contribution in [3.05, 3.63) is 57.4 Å². The van der Waals surface area contributed by atoms with Crippen LogP contribution in [0.2, 0.25) is 5.02 Å². The van der Waals surface area contributed by atoms with E-state index >= 15 is 0 Å². The molecular formula is C14H11ClN2O3S. The number of hydrogen-bond donors (Lipinski definition) is 0. The highest BCUT2D eigenvalue weighted by Gasteiger charge is 2.13. The van der Waals surface area contributed by atoms with E-state index in [0.717, 1.165) is 4.88 Å². The molecule has 2 heterocycles. The summed E-state index contributed by atoms with van der Waals surface area (Å²) in [6, 6.07) is 10.9. The largest absolute Gasteiger partial charge is 0.492 e. The van der Waals surface area contributed by atoms with Crippen LogP contribution in [0.25, 0.3) is 10.7 Å². The second-order valence-electron chi connectivity index (χ2n) is 4.21. The van der Waals surface area contributed by atoms with Gasteiger partial charge < -0.3 is 4.74 Å². The summed E-state index contributed by atoms with van der Waals surface area (Å²) in [5.41, 5.74) is 0. The predicted octanol–water partition coefficient (Wildman–Crippen LogP) is 3.30. The zero-order valence-corrected chi connectivity index (χ0v) is 12.4. The van der Waals surface area contributed by atoms with Crippen molar-refractivity contribution in [3.63, 3.8) is 0 Å². The molecule has 0 N–H and O–H groups in total. The van der Waals surface area contributed by atoms with Gasteiger partial charge in [-0.3, -0.25) is 9.09 Å². The van der Waals surface area contributed by atoms with E-state index in [2.05, 4.69) is 5.16 Å². The highest BCUT2D eigenvalue weighted by molar-refractivity contribution is 7.13. The molecule has 0 saturated carbocycles. The van der Waals surface area contributed by atoms with Crippen molar-refractivity contribution in [1.82, 2.24) is 9.72 Å². The van der Waals surface area contributed by atoms with Crippen LogP contribution >= 0.6 is 22.9 Å². The van der Waals surface area contributed by atoms with Gasteiger partial charge in [0, 0.05) is 5.02 Å². The molecule has 7 heteroatoms. The van der Waals surface area contributed by atoms with Gasteiger partial charge in [0.1, 0.15) is 12.4 Å². The smallest absolute Gasteiger partial charge is 0.442 e. The zero-order chi connectivity index (χ0) is 14.7. The first-order valence-electron chi connectivity index (χ1n) is 6.23. The molecule has 0 aliphatic carbocycles. The molecule has 0 aliphatic heterocycles. The van der Waals surface area contributed by atoms with Crippen LogP contribution in [-0.2, 0) is 6.54 Å². The number of halogens is 1. The lowest BCUT2D eigenvalue weighted by molar-refractivity contribution is 0.290. The van der Waals surface area contributed by atoms with E-state index in [-0.39, 0.29) is 0 Å². The number of aromatic nitrogens is 2. The Labute approximate surface area is 129 Å². The summed E-state index contributed by atoms with van der Waals surface area (Å²) < 4.78 is 11.8. The maximum Gasteiger partial charge on any atom is 0.442 e. The van der Waals surface area contributed by atoms with Crippen LogP contribution in [0, 0.1) is 0 Å². The molecule has 1 aromatic carbocycles. The van der Waals surface area contributed by atoms with Gasteiger partial charge in [-0.1, -0.05) is 28.9 Å². The Hall–Kier alpha value is -2.05. The first kappa shape index (κ1) is 13.9. The van der Waals surface area contributed by atoms with Crippen molar-refractivity contribution in [2.75, 3.05) is 6.61 Å². The lowest BCUT2D eigenvalue weighted by Crippen LogP contribution is -2.19. The Morgan fingerprint density at radius 1 is 1.33 bits per heavy atom. The topological polar surface area (TPSA) is 57.3 Å². The monoisotopic (exact) mass is 322 g/mol. The van der Waals surface area contributed by atoms with Gasteiger partial charge in [-0.15, -0.1) is 11.3 Å². The SMILES string of the molecule is O=c1onc(-c2cccs2)n1CCOc1cccc(Cl)c1. The fraction of sp³-hybridized carbons (Fsp3) is 0.143. The minimum Gasteiger partial charge on any atom is -0.492 e. The van der Waals surface area contributed by atoms with Gasteiger partial charge in [0.15, 0.2) is 5.82 Å². The molecule has 0 fully saturated rings. The van der Waals surface area contributed by atoms with Crippen LogP contribution < -0.4 is 10.5 Å². The molecule has 0 atom stereocenters. The molecule has 0 unspecified atom stereocenters. The molecule has 0 spiro atoms. The molecule has 2 aromatic heterocycles. The number of rotatable bonds is 5. The predicted molar refractivity (Wildman–Crippen MR) is 81.0 cm³/mol. The normalized spacial score (nSPS) is 10.7. The summed E-state index contributed by atoms with van der Waals surface area (Å²) in [6.07, 6.45) is 0. The highest BCUT2D eigenvalue weighted by atomic mass is 35.5. The van der Waals surface area contributed by atoms with E-state index in [9.17, 15) is 4.79 Å². The molecule has 5 nitrogen and oxygen atoms in total. The van der Waals surface area contributed by atoms with E-state index in [0.29, 0.717) is 29.7 Å². The van der Waals surface area contributed by atoms with Crippen LogP contribution in [0.1, 0.15) is 0 Å². The standard InChI is InChI=1S/C14H11ClN2O3S/c15-10-3-1-4-11(9-10)19-7-6-17-13(16-20-14(17)18)12-5-2-8-21-12/h1-5,8-9H,6-7H2. The minimum absolute atomic E-state index is 0.319. The van der Waals surface area contributed by atoms with Gasteiger partial charge in [-0.05, 0) is 29.6 Å². The van der Waals surface area contributed by atoms with Gasteiger partial charge in [-0.2, -0.15) is 0 Å². The molecule has 0 saturated heterocycles. The molecule has 108 valence electrons. The van der Waals surface area contributed by atoms with E-state index in [1.54, 1.807) is 18.2 Å². The average Bonchev–Trinajstić information content (AvgIpc) is 3.09. The Kier molecular flexibility index (Phi) is 4.08. The van der Waals surface area contributed by atoms with Crippen molar-refractivity contribution in [2.24, 2.45) is 0 Å². The lowest BCUT2D eigenvalue weighted by Gasteiger charge is -2.07.